The maximum absolute atomic E-state index is 12.2. The summed E-state index contributed by atoms with van der Waals surface area (Å²) in [6.45, 7) is 0. The second kappa shape index (κ2) is 5.18. The first-order chi connectivity index (χ1) is 9.23. The minimum atomic E-state index is -4.01. The molecule has 0 bridgehead atoms. The first kappa shape index (κ1) is 15.0. The number of nitrogens with zero attached hydrogens (tertiary/aromatic N) is 1. The fraction of sp³-hybridized carbons (Fsp3) is 0.182. The minimum absolute atomic E-state index is 0.0404. The molecule has 1 aliphatic heterocycles. The van der Waals surface area contributed by atoms with Crippen molar-refractivity contribution in [1.82, 2.24) is 4.72 Å². The number of hydrogen-bond donors (Lipinski definition) is 1. The van der Waals surface area contributed by atoms with Gasteiger partial charge in [-0.15, -0.1) is 0 Å². The van der Waals surface area contributed by atoms with E-state index < -0.39 is 25.9 Å². The van der Waals surface area contributed by atoms with E-state index in [0.29, 0.717) is 0 Å². The van der Waals surface area contributed by atoms with Crippen LogP contribution in [-0.2, 0) is 19.9 Å². The zero-order valence-corrected chi connectivity index (χ0v) is 12.3. The Bertz CT molecular complexity index is 822. The van der Waals surface area contributed by atoms with E-state index in [1.807, 2.05) is 6.07 Å². The Labute approximate surface area is 121 Å². The highest BCUT2D eigenvalue weighted by atomic mass is 35.5. The van der Waals surface area contributed by atoms with Crippen LogP contribution in [-0.4, -0.2) is 28.6 Å². The number of sulfonamides is 1. The van der Waals surface area contributed by atoms with Gasteiger partial charge in [0.05, 0.1) is 28.5 Å². The summed E-state index contributed by atoms with van der Waals surface area (Å²) in [6.07, 6.45) is 1.26. The van der Waals surface area contributed by atoms with Gasteiger partial charge in [0.25, 0.3) is 0 Å². The molecule has 0 aliphatic carbocycles. The second-order valence-corrected chi connectivity index (χ2v) is 8.16. The Morgan fingerprint density at radius 2 is 2.10 bits per heavy atom. The summed E-state index contributed by atoms with van der Waals surface area (Å²) in [4.78, 5) is -0.254. The van der Waals surface area contributed by atoms with Gasteiger partial charge >= 0.3 is 0 Å². The first-order valence-corrected chi connectivity index (χ1v) is 8.94. The largest absolute Gasteiger partial charge is 0.242 e. The normalized spacial score (nSPS) is 20.7. The van der Waals surface area contributed by atoms with Crippen molar-refractivity contribution in [2.24, 2.45) is 0 Å². The van der Waals surface area contributed by atoms with Crippen molar-refractivity contribution in [2.75, 3.05) is 5.75 Å². The SMILES string of the molecule is N#Cc1ccc(Cl)c(S(=O)(=O)NC2C=CS(=O)(=O)C2)c1. The molecule has 0 radical (unpaired) electrons. The molecule has 1 N–H and O–H groups in total. The van der Waals surface area contributed by atoms with Crippen LogP contribution >= 0.6 is 11.6 Å². The molecule has 6 nitrogen and oxygen atoms in total. The number of benzene rings is 1. The van der Waals surface area contributed by atoms with Crippen molar-refractivity contribution < 1.29 is 16.8 Å². The van der Waals surface area contributed by atoms with Crippen molar-refractivity contribution >= 4 is 31.5 Å². The third-order valence-electron chi connectivity index (χ3n) is 2.59. The highest BCUT2D eigenvalue weighted by Crippen LogP contribution is 2.23. The third kappa shape index (κ3) is 3.19. The first-order valence-electron chi connectivity index (χ1n) is 5.36. The fourth-order valence-electron chi connectivity index (χ4n) is 1.69. The standard InChI is InChI=1S/C11H9ClN2O4S2/c12-10-2-1-8(6-13)5-11(10)20(17,18)14-9-3-4-19(15,16)7-9/h1-5,9,14H,7H2. The molecule has 0 amide bonds. The summed E-state index contributed by atoms with van der Waals surface area (Å²) in [6, 6.07) is 4.80. The van der Waals surface area contributed by atoms with Crippen LogP contribution in [0.5, 0.6) is 0 Å². The van der Waals surface area contributed by atoms with Crippen molar-refractivity contribution in [3.63, 3.8) is 0 Å². The second-order valence-electron chi connectivity index (χ2n) is 4.14. The number of nitriles is 1. The van der Waals surface area contributed by atoms with E-state index >= 15 is 0 Å². The molecule has 1 unspecified atom stereocenters. The van der Waals surface area contributed by atoms with Crippen LogP contribution in [0.4, 0.5) is 0 Å². The van der Waals surface area contributed by atoms with Gasteiger partial charge in [0, 0.05) is 5.41 Å². The maximum Gasteiger partial charge on any atom is 0.242 e. The lowest BCUT2D eigenvalue weighted by atomic mass is 10.2. The van der Waals surface area contributed by atoms with Crippen LogP contribution in [0.2, 0.25) is 5.02 Å². The Morgan fingerprint density at radius 1 is 1.40 bits per heavy atom. The van der Waals surface area contributed by atoms with Gasteiger partial charge in [-0.2, -0.15) is 5.26 Å². The number of nitrogens with one attached hydrogen (secondary N) is 1. The molecule has 20 heavy (non-hydrogen) atoms. The summed E-state index contributed by atoms with van der Waals surface area (Å²) < 4.78 is 49.0. The highest BCUT2D eigenvalue weighted by Gasteiger charge is 2.28. The molecular formula is C11H9ClN2O4S2. The fourth-order valence-corrected chi connectivity index (χ4v) is 4.75. The van der Waals surface area contributed by atoms with Gasteiger partial charge in [0.1, 0.15) is 4.90 Å². The molecule has 106 valence electrons. The van der Waals surface area contributed by atoms with Crippen LogP contribution in [0.25, 0.3) is 0 Å². The van der Waals surface area contributed by atoms with E-state index in [1.165, 1.54) is 18.2 Å². The Morgan fingerprint density at radius 3 is 2.65 bits per heavy atom. The van der Waals surface area contributed by atoms with Crippen molar-refractivity contribution in [2.45, 2.75) is 10.9 Å². The summed E-state index contributed by atoms with van der Waals surface area (Å²) in [5, 5.41) is 9.70. The van der Waals surface area contributed by atoms with Crippen LogP contribution in [0.1, 0.15) is 5.56 Å². The van der Waals surface area contributed by atoms with E-state index in [0.717, 1.165) is 11.5 Å². The van der Waals surface area contributed by atoms with E-state index in [-0.39, 0.29) is 21.2 Å². The predicted molar refractivity (Wildman–Crippen MR) is 73.2 cm³/mol. The van der Waals surface area contributed by atoms with Crippen molar-refractivity contribution in [1.29, 1.82) is 5.26 Å². The third-order valence-corrected chi connectivity index (χ3v) is 5.95. The molecule has 9 heteroatoms. The zero-order valence-electron chi connectivity index (χ0n) is 9.95. The number of rotatable bonds is 3. The summed E-state index contributed by atoms with van der Waals surface area (Å²) in [7, 11) is -7.37. The lowest BCUT2D eigenvalue weighted by Gasteiger charge is -2.12. The average Bonchev–Trinajstić information content (AvgIpc) is 2.68. The number of sulfone groups is 1. The number of halogens is 1. The van der Waals surface area contributed by atoms with E-state index in [4.69, 9.17) is 16.9 Å². The molecule has 0 aromatic heterocycles. The smallest absolute Gasteiger partial charge is 0.224 e. The average molecular weight is 333 g/mol. The predicted octanol–water partition coefficient (Wildman–Crippen LogP) is 0.801. The molecule has 1 aromatic carbocycles. The maximum atomic E-state index is 12.2. The van der Waals surface area contributed by atoms with Crippen molar-refractivity contribution in [3.8, 4) is 6.07 Å². The lowest BCUT2D eigenvalue weighted by Crippen LogP contribution is -2.35. The van der Waals surface area contributed by atoms with Gasteiger partial charge in [0.15, 0.2) is 9.84 Å². The Hall–Kier alpha value is -1.40. The zero-order chi connectivity index (χ0) is 15.0. The van der Waals surface area contributed by atoms with Crippen LogP contribution in [0, 0.1) is 11.3 Å². The highest BCUT2D eigenvalue weighted by molar-refractivity contribution is 7.94. The molecule has 1 heterocycles. The van der Waals surface area contributed by atoms with Gasteiger partial charge in [-0.1, -0.05) is 17.7 Å². The molecule has 0 saturated heterocycles. The van der Waals surface area contributed by atoms with Gasteiger partial charge in [0.2, 0.25) is 10.0 Å². The van der Waals surface area contributed by atoms with E-state index in [9.17, 15) is 16.8 Å². The molecule has 2 rings (SSSR count). The molecular weight excluding hydrogens is 324 g/mol. The minimum Gasteiger partial charge on any atom is -0.224 e. The molecule has 0 fully saturated rings. The molecule has 1 aliphatic rings. The van der Waals surface area contributed by atoms with Gasteiger partial charge in [-0.05, 0) is 18.2 Å². The van der Waals surface area contributed by atoms with E-state index in [2.05, 4.69) is 4.72 Å². The monoisotopic (exact) mass is 332 g/mol. The molecule has 1 atom stereocenters. The summed E-state index contributed by atoms with van der Waals surface area (Å²) >= 11 is 5.81. The summed E-state index contributed by atoms with van der Waals surface area (Å²) in [5.74, 6) is -0.332. The van der Waals surface area contributed by atoms with Crippen molar-refractivity contribution in [3.05, 3.63) is 40.3 Å². The topological polar surface area (TPSA) is 104 Å². The van der Waals surface area contributed by atoms with Crippen LogP contribution < -0.4 is 4.72 Å². The molecule has 1 aromatic rings. The van der Waals surface area contributed by atoms with E-state index in [1.54, 1.807) is 0 Å². The van der Waals surface area contributed by atoms with Gasteiger partial charge in [-0.25, -0.2) is 21.6 Å². The Kier molecular flexibility index (Phi) is 3.88. The van der Waals surface area contributed by atoms with Gasteiger partial charge < -0.3 is 0 Å². The Balaban J connectivity index is 2.33. The quantitative estimate of drug-likeness (QED) is 0.881. The molecule has 0 saturated carbocycles. The lowest BCUT2D eigenvalue weighted by molar-refractivity contribution is 0.575. The number of hydrogen-bond acceptors (Lipinski definition) is 5. The van der Waals surface area contributed by atoms with Crippen LogP contribution in [0.15, 0.2) is 34.6 Å². The molecule has 0 spiro atoms. The van der Waals surface area contributed by atoms with Crippen LogP contribution in [0.3, 0.4) is 0 Å². The summed E-state index contributed by atoms with van der Waals surface area (Å²) in [5.41, 5.74) is 0.143. The van der Waals surface area contributed by atoms with Gasteiger partial charge in [-0.3, -0.25) is 0 Å².